The second-order valence-corrected chi connectivity index (χ2v) is 18.3. The lowest BCUT2D eigenvalue weighted by Crippen LogP contribution is -2.39. The zero-order valence-corrected chi connectivity index (χ0v) is 35.3. The molecule has 22 heteroatoms. The first kappa shape index (κ1) is 42.6. The van der Waals surface area contributed by atoms with Crippen molar-refractivity contribution in [3.05, 3.63) is 104 Å². The van der Waals surface area contributed by atoms with E-state index in [1.54, 1.807) is 25.3 Å². The molecule has 332 valence electrons. The molecular weight excluding hydrogens is 880 g/mol. The van der Waals surface area contributed by atoms with Crippen LogP contribution in [-0.2, 0) is 45.5 Å². The average Bonchev–Trinajstić information content (AvgIpc) is 3.75. The molecule has 63 heavy (non-hydrogen) atoms. The summed E-state index contributed by atoms with van der Waals surface area (Å²) in [6.45, 7) is 0.230. The summed E-state index contributed by atoms with van der Waals surface area (Å²) in [5.41, 5.74) is -1.61. The Morgan fingerprint density at radius 1 is 1.08 bits per heavy atom. The maximum atomic E-state index is 15.6. The molecule has 6 aromatic rings. The monoisotopic (exact) mass is 917 g/mol. The highest BCUT2D eigenvalue weighted by molar-refractivity contribution is 7.92. The summed E-state index contributed by atoms with van der Waals surface area (Å²) in [6, 6.07) is 8.96. The van der Waals surface area contributed by atoms with Gasteiger partial charge in [-0.2, -0.15) is 19.0 Å². The maximum absolute atomic E-state index is 15.6. The SMILES string of the molecule is COC1CCCN(c2ccc3c(=O)n(-c4ccc(Cl)c5c(NS(C)(=O)=O)nn(C)c45)c([C@H](Cc4cc(F)cc(F)c4)NC(=O)Cn4nc(C(F)F)c5c4C(F)(F)[C@@H]4C[C@H]54)nc3c2)C1. The van der Waals surface area contributed by atoms with Gasteiger partial charge in [-0.1, -0.05) is 11.6 Å². The first-order valence-electron chi connectivity index (χ1n) is 19.8. The van der Waals surface area contributed by atoms with Crippen LogP contribution in [0.5, 0.6) is 0 Å². The second kappa shape index (κ2) is 15.5. The number of carbonyl (C=O) groups is 1. The van der Waals surface area contributed by atoms with E-state index in [0.29, 0.717) is 29.5 Å². The number of amides is 1. The molecule has 3 aliphatic rings. The quantitative estimate of drug-likeness (QED) is 0.129. The molecule has 14 nitrogen and oxygen atoms in total. The number of hydrogen-bond donors (Lipinski definition) is 2. The number of carbonyl (C=O) groups excluding carboxylic acids is 1. The number of ether oxygens (including phenoxy) is 1. The number of sulfonamides is 1. The fraction of sp³-hybridized carbons (Fsp3) is 0.390. The molecule has 4 heterocycles. The van der Waals surface area contributed by atoms with E-state index in [-0.39, 0.29) is 67.8 Å². The third kappa shape index (κ3) is 7.66. The molecule has 9 rings (SSSR count). The van der Waals surface area contributed by atoms with Crippen molar-refractivity contribution < 1.29 is 44.3 Å². The first-order chi connectivity index (χ1) is 29.8. The van der Waals surface area contributed by atoms with Gasteiger partial charge in [-0.3, -0.25) is 28.2 Å². The number of aryl methyl sites for hydroxylation is 1. The van der Waals surface area contributed by atoms with Gasteiger partial charge in [-0.25, -0.2) is 31.0 Å². The van der Waals surface area contributed by atoms with Crippen molar-refractivity contribution in [3.8, 4) is 5.69 Å². The van der Waals surface area contributed by atoms with Gasteiger partial charge < -0.3 is 15.0 Å². The predicted octanol–water partition coefficient (Wildman–Crippen LogP) is 6.63. The minimum Gasteiger partial charge on any atom is -0.380 e. The molecule has 2 aliphatic carbocycles. The zero-order valence-electron chi connectivity index (χ0n) is 33.7. The standard InChI is InChI=1S/C41H38ClF6N9O5S/c1-54-35-30(9-8-27(42)33(35)38(52-54)53-63(3,60)61)57-39(50-28-15-22(6-7-24(28)40(57)59)55-10-4-5-23(17-55)62-2)29(13-19-11-20(43)14-21(44)12-19)49-31(58)18-56-36-32(34(51-56)37(45)46)25-16-26(25)41(36,47)48/h6-9,11-12,14-15,23,25-26,29,37H,4-5,10,13,16-18H2,1-3H3,(H,49,58)(H,52,53)/t23?,25-,26+,29-/m0/s1. The van der Waals surface area contributed by atoms with Crippen molar-refractivity contribution in [3.63, 3.8) is 0 Å². The number of hydrogen-bond acceptors (Lipinski definition) is 9. The fourth-order valence-electron chi connectivity index (χ4n) is 9.13. The predicted molar refractivity (Wildman–Crippen MR) is 220 cm³/mol. The Morgan fingerprint density at radius 3 is 2.52 bits per heavy atom. The third-order valence-electron chi connectivity index (χ3n) is 11.9. The van der Waals surface area contributed by atoms with Crippen molar-refractivity contribution in [2.45, 2.75) is 62.6 Å². The Kier molecular flexibility index (Phi) is 10.5. The molecule has 3 aromatic carbocycles. The summed E-state index contributed by atoms with van der Waals surface area (Å²) in [6.07, 6.45) is -1.14. The molecule has 1 saturated heterocycles. The number of rotatable bonds is 12. The van der Waals surface area contributed by atoms with Crippen molar-refractivity contribution in [2.24, 2.45) is 13.0 Å². The number of piperidine rings is 1. The first-order valence-corrected chi connectivity index (χ1v) is 22.1. The summed E-state index contributed by atoms with van der Waals surface area (Å²) < 4.78 is 125. The van der Waals surface area contributed by atoms with Crippen molar-refractivity contribution in [1.29, 1.82) is 0 Å². The normalized spacial score (nSPS) is 19.7. The zero-order chi connectivity index (χ0) is 44.9. The highest BCUT2D eigenvalue weighted by Gasteiger charge is 2.67. The summed E-state index contributed by atoms with van der Waals surface area (Å²) in [5.74, 6) is -8.92. The van der Waals surface area contributed by atoms with Crippen LogP contribution < -0.4 is 20.5 Å². The lowest BCUT2D eigenvalue weighted by molar-refractivity contribution is -0.123. The van der Waals surface area contributed by atoms with Crippen LogP contribution in [-0.4, -0.2) is 76.0 Å². The van der Waals surface area contributed by atoms with E-state index >= 15 is 13.6 Å². The Balaban J connectivity index is 1.24. The number of halogens is 7. The van der Waals surface area contributed by atoms with Crippen molar-refractivity contribution >= 4 is 60.8 Å². The number of alkyl halides is 4. The van der Waals surface area contributed by atoms with E-state index in [9.17, 15) is 30.8 Å². The lowest BCUT2D eigenvalue weighted by atomic mass is 10.0. The highest BCUT2D eigenvalue weighted by Crippen LogP contribution is 2.68. The van der Waals surface area contributed by atoms with Crippen LogP contribution >= 0.6 is 11.6 Å². The van der Waals surface area contributed by atoms with Crippen LogP contribution in [0.25, 0.3) is 27.5 Å². The van der Waals surface area contributed by atoms with Crippen LogP contribution in [0.2, 0.25) is 5.02 Å². The molecule has 0 radical (unpaired) electrons. The highest BCUT2D eigenvalue weighted by atomic mass is 35.5. The van der Waals surface area contributed by atoms with E-state index in [2.05, 4.69) is 25.1 Å². The Morgan fingerprint density at radius 2 is 1.83 bits per heavy atom. The number of methoxy groups -OCH3 is 1. The number of benzene rings is 3. The third-order valence-corrected chi connectivity index (χ3v) is 12.7. The van der Waals surface area contributed by atoms with Crippen LogP contribution in [0.3, 0.4) is 0 Å². The van der Waals surface area contributed by atoms with Crippen molar-refractivity contribution in [2.75, 3.05) is 36.1 Å². The van der Waals surface area contributed by atoms with Gasteiger partial charge >= 0.3 is 0 Å². The molecule has 0 bridgehead atoms. The number of nitrogens with zero attached hydrogens (tertiary/aromatic N) is 7. The minimum absolute atomic E-state index is 0.00190. The Bertz CT molecular complexity index is 3010. The van der Waals surface area contributed by atoms with Gasteiger partial charge in [0.2, 0.25) is 15.9 Å². The summed E-state index contributed by atoms with van der Waals surface area (Å²) in [5, 5.41) is 11.0. The molecule has 1 unspecified atom stereocenters. The van der Waals surface area contributed by atoms with E-state index in [4.69, 9.17) is 21.3 Å². The Labute approximate surface area is 359 Å². The van der Waals surface area contributed by atoms with Crippen LogP contribution in [0.1, 0.15) is 66.0 Å². The van der Waals surface area contributed by atoms with Gasteiger partial charge in [0.1, 0.15) is 35.4 Å². The van der Waals surface area contributed by atoms with Gasteiger partial charge in [0, 0.05) is 56.9 Å². The summed E-state index contributed by atoms with van der Waals surface area (Å²) >= 11 is 6.65. The second-order valence-electron chi connectivity index (χ2n) is 16.2. The molecular formula is C41H38ClF6N9O5S. The molecule has 0 spiro atoms. The van der Waals surface area contributed by atoms with E-state index in [0.717, 1.165) is 35.8 Å². The topological polar surface area (TPSA) is 158 Å². The largest absolute Gasteiger partial charge is 0.380 e. The average molecular weight is 918 g/mol. The number of anilines is 2. The maximum Gasteiger partial charge on any atom is 0.293 e. The molecule has 1 aliphatic heterocycles. The van der Waals surface area contributed by atoms with E-state index in [1.165, 1.54) is 23.9 Å². The van der Waals surface area contributed by atoms with Crippen LogP contribution in [0.15, 0.2) is 53.3 Å². The van der Waals surface area contributed by atoms with Gasteiger partial charge in [0.05, 0.1) is 50.9 Å². The smallest absolute Gasteiger partial charge is 0.293 e. The minimum atomic E-state index is -3.90. The molecule has 3 aromatic heterocycles. The van der Waals surface area contributed by atoms with Crippen LogP contribution in [0.4, 0.5) is 37.8 Å². The fourth-order valence-corrected chi connectivity index (χ4v) is 9.87. The van der Waals surface area contributed by atoms with E-state index in [1.807, 2.05) is 0 Å². The van der Waals surface area contributed by atoms with Crippen molar-refractivity contribution in [1.82, 2.24) is 34.4 Å². The van der Waals surface area contributed by atoms with Crippen LogP contribution in [0, 0.1) is 17.6 Å². The summed E-state index contributed by atoms with van der Waals surface area (Å²) in [7, 11) is -0.818. The molecule has 4 atom stereocenters. The lowest BCUT2D eigenvalue weighted by Gasteiger charge is -2.33. The molecule has 1 saturated carbocycles. The molecule has 2 N–H and O–H groups in total. The van der Waals surface area contributed by atoms with Gasteiger partial charge in [0.25, 0.3) is 17.9 Å². The number of nitrogens with one attached hydrogen (secondary N) is 2. The summed E-state index contributed by atoms with van der Waals surface area (Å²) in [4.78, 5) is 36.3. The number of aromatic nitrogens is 6. The molecule has 1 amide bonds. The van der Waals surface area contributed by atoms with Gasteiger partial charge in [0.15, 0.2) is 5.82 Å². The Hall–Kier alpha value is -5.67. The van der Waals surface area contributed by atoms with Gasteiger partial charge in [-0.15, -0.1) is 0 Å². The number of fused-ring (bicyclic) bond motifs is 5. The molecule has 2 fully saturated rings. The van der Waals surface area contributed by atoms with Gasteiger partial charge in [-0.05, 0) is 73.2 Å². The van der Waals surface area contributed by atoms with E-state index < -0.39 is 87.7 Å².